The number of rotatable bonds is 2. The average molecular weight is 308 g/mol. The fourth-order valence-corrected chi connectivity index (χ4v) is 3.45. The van der Waals surface area contributed by atoms with Gasteiger partial charge in [0.15, 0.2) is 0 Å². The SMILES string of the molecule is O=C(NC1CCCC1)N1CCN(c2ccccc2Cl)CC1. The number of benzene rings is 1. The van der Waals surface area contributed by atoms with Crippen LogP contribution >= 0.6 is 11.6 Å². The molecule has 3 rings (SSSR count). The van der Waals surface area contributed by atoms with Gasteiger partial charge in [-0.05, 0) is 25.0 Å². The molecule has 2 aliphatic rings. The number of urea groups is 1. The van der Waals surface area contributed by atoms with Crippen molar-refractivity contribution in [1.29, 1.82) is 0 Å². The number of hydrogen-bond acceptors (Lipinski definition) is 2. The largest absolute Gasteiger partial charge is 0.367 e. The zero-order valence-corrected chi connectivity index (χ0v) is 13.0. The molecule has 114 valence electrons. The lowest BCUT2D eigenvalue weighted by Gasteiger charge is -2.36. The first-order valence-corrected chi connectivity index (χ1v) is 8.17. The molecule has 1 saturated heterocycles. The number of anilines is 1. The van der Waals surface area contributed by atoms with Crippen LogP contribution in [0, 0.1) is 0 Å². The molecule has 0 atom stereocenters. The monoisotopic (exact) mass is 307 g/mol. The van der Waals surface area contributed by atoms with Crippen molar-refractivity contribution in [2.75, 3.05) is 31.1 Å². The van der Waals surface area contributed by atoms with Gasteiger partial charge in [0.05, 0.1) is 10.7 Å². The van der Waals surface area contributed by atoms with Gasteiger partial charge in [0.1, 0.15) is 0 Å². The highest BCUT2D eigenvalue weighted by Gasteiger charge is 2.24. The summed E-state index contributed by atoms with van der Waals surface area (Å²) in [5.41, 5.74) is 1.06. The van der Waals surface area contributed by atoms with E-state index in [0.717, 1.165) is 49.7 Å². The first kappa shape index (κ1) is 14.5. The van der Waals surface area contributed by atoms with Crippen LogP contribution in [0.5, 0.6) is 0 Å². The normalized spacial score (nSPS) is 19.9. The van der Waals surface area contributed by atoms with Gasteiger partial charge in [-0.3, -0.25) is 0 Å². The Morgan fingerprint density at radius 1 is 1.10 bits per heavy atom. The predicted octanol–water partition coefficient (Wildman–Crippen LogP) is 3.11. The number of carbonyl (C=O) groups is 1. The molecular weight excluding hydrogens is 286 g/mol. The summed E-state index contributed by atoms with van der Waals surface area (Å²) in [5.74, 6) is 0. The summed E-state index contributed by atoms with van der Waals surface area (Å²) in [6, 6.07) is 8.38. The lowest BCUT2D eigenvalue weighted by Crippen LogP contribution is -2.53. The third-order valence-electron chi connectivity index (χ3n) is 4.44. The van der Waals surface area contributed by atoms with Crippen molar-refractivity contribution in [2.45, 2.75) is 31.7 Å². The molecule has 1 heterocycles. The zero-order valence-electron chi connectivity index (χ0n) is 12.2. The predicted molar refractivity (Wildman–Crippen MR) is 86.0 cm³/mol. The van der Waals surface area contributed by atoms with Crippen molar-refractivity contribution in [3.05, 3.63) is 29.3 Å². The third-order valence-corrected chi connectivity index (χ3v) is 4.76. The number of amides is 2. The van der Waals surface area contributed by atoms with E-state index in [0.29, 0.717) is 6.04 Å². The highest BCUT2D eigenvalue weighted by molar-refractivity contribution is 6.33. The molecule has 1 aromatic rings. The maximum atomic E-state index is 12.2. The van der Waals surface area contributed by atoms with Crippen LogP contribution in [0.25, 0.3) is 0 Å². The van der Waals surface area contributed by atoms with Crippen LogP contribution in [0.2, 0.25) is 5.02 Å². The van der Waals surface area contributed by atoms with E-state index >= 15 is 0 Å². The minimum atomic E-state index is 0.0979. The number of nitrogens with one attached hydrogen (secondary N) is 1. The van der Waals surface area contributed by atoms with Gasteiger partial charge < -0.3 is 15.1 Å². The summed E-state index contributed by atoms with van der Waals surface area (Å²) < 4.78 is 0. The molecule has 2 amide bonds. The fraction of sp³-hybridized carbons (Fsp3) is 0.562. The molecule has 1 aromatic carbocycles. The minimum absolute atomic E-state index is 0.0979. The maximum Gasteiger partial charge on any atom is 0.317 e. The van der Waals surface area contributed by atoms with Crippen molar-refractivity contribution < 1.29 is 4.79 Å². The van der Waals surface area contributed by atoms with E-state index in [1.807, 2.05) is 29.2 Å². The number of piperazine rings is 1. The van der Waals surface area contributed by atoms with Gasteiger partial charge in [0.2, 0.25) is 0 Å². The van der Waals surface area contributed by atoms with Crippen LogP contribution in [0.4, 0.5) is 10.5 Å². The summed E-state index contributed by atoms with van der Waals surface area (Å²) in [7, 11) is 0. The topological polar surface area (TPSA) is 35.6 Å². The second-order valence-corrected chi connectivity index (χ2v) is 6.26. The number of nitrogens with zero attached hydrogens (tertiary/aromatic N) is 2. The quantitative estimate of drug-likeness (QED) is 0.911. The van der Waals surface area contributed by atoms with Crippen molar-refractivity contribution >= 4 is 23.3 Å². The number of carbonyl (C=O) groups excluding carboxylic acids is 1. The Hall–Kier alpha value is -1.42. The van der Waals surface area contributed by atoms with E-state index in [1.165, 1.54) is 12.8 Å². The second-order valence-electron chi connectivity index (χ2n) is 5.86. The molecule has 1 saturated carbocycles. The van der Waals surface area contributed by atoms with Gasteiger partial charge in [-0.25, -0.2) is 4.79 Å². The average Bonchev–Trinajstić information content (AvgIpc) is 3.01. The van der Waals surface area contributed by atoms with Crippen LogP contribution in [0.1, 0.15) is 25.7 Å². The highest BCUT2D eigenvalue weighted by Crippen LogP contribution is 2.26. The lowest BCUT2D eigenvalue weighted by atomic mass is 10.2. The minimum Gasteiger partial charge on any atom is -0.367 e. The molecule has 0 bridgehead atoms. The number of para-hydroxylation sites is 1. The van der Waals surface area contributed by atoms with Gasteiger partial charge >= 0.3 is 6.03 Å². The van der Waals surface area contributed by atoms with E-state index < -0.39 is 0 Å². The molecule has 0 unspecified atom stereocenters. The Balaban J connectivity index is 1.52. The Kier molecular flexibility index (Phi) is 4.54. The van der Waals surface area contributed by atoms with Crippen molar-refractivity contribution in [3.8, 4) is 0 Å². The number of hydrogen-bond donors (Lipinski definition) is 1. The van der Waals surface area contributed by atoms with E-state index in [4.69, 9.17) is 11.6 Å². The smallest absolute Gasteiger partial charge is 0.317 e. The Labute approximate surface area is 131 Å². The van der Waals surface area contributed by atoms with E-state index in [2.05, 4.69) is 10.2 Å². The van der Waals surface area contributed by atoms with Crippen LogP contribution in [0.15, 0.2) is 24.3 Å². The second kappa shape index (κ2) is 6.56. The first-order valence-electron chi connectivity index (χ1n) is 7.79. The Morgan fingerprint density at radius 2 is 1.76 bits per heavy atom. The van der Waals surface area contributed by atoms with Crippen molar-refractivity contribution in [3.63, 3.8) is 0 Å². The molecule has 2 fully saturated rings. The van der Waals surface area contributed by atoms with Crippen LogP contribution < -0.4 is 10.2 Å². The molecule has 1 aliphatic carbocycles. The molecular formula is C16H22ClN3O. The number of halogens is 1. The van der Waals surface area contributed by atoms with E-state index in [-0.39, 0.29) is 6.03 Å². The summed E-state index contributed by atoms with van der Waals surface area (Å²) in [4.78, 5) is 16.4. The molecule has 0 aromatic heterocycles. The fourth-order valence-electron chi connectivity index (χ4n) is 3.19. The standard InChI is InChI=1S/C16H22ClN3O/c17-14-7-3-4-8-15(14)19-9-11-20(12-10-19)16(21)18-13-5-1-2-6-13/h3-4,7-8,13H,1-2,5-6,9-12H2,(H,18,21). The summed E-state index contributed by atoms with van der Waals surface area (Å²) in [5, 5.41) is 3.94. The van der Waals surface area contributed by atoms with Gasteiger partial charge in [-0.15, -0.1) is 0 Å². The van der Waals surface area contributed by atoms with Gasteiger partial charge in [0, 0.05) is 32.2 Å². The molecule has 21 heavy (non-hydrogen) atoms. The molecule has 1 aliphatic heterocycles. The first-order chi connectivity index (χ1) is 10.2. The van der Waals surface area contributed by atoms with E-state index in [9.17, 15) is 4.79 Å². The van der Waals surface area contributed by atoms with Crippen LogP contribution in [0.3, 0.4) is 0 Å². The van der Waals surface area contributed by atoms with E-state index in [1.54, 1.807) is 0 Å². The van der Waals surface area contributed by atoms with Crippen LogP contribution in [-0.2, 0) is 0 Å². The summed E-state index contributed by atoms with van der Waals surface area (Å²) in [6.45, 7) is 3.18. The Bertz CT molecular complexity index is 494. The molecule has 0 spiro atoms. The molecule has 5 heteroatoms. The highest BCUT2D eigenvalue weighted by atomic mass is 35.5. The van der Waals surface area contributed by atoms with Gasteiger partial charge in [-0.1, -0.05) is 36.6 Å². The third kappa shape index (κ3) is 3.43. The van der Waals surface area contributed by atoms with Crippen molar-refractivity contribution in [1.82, 2.24) is 10.2 Å². The van der Waals surface area contributed by atoms with Gasteiger partial charge in [-0.2, -0.15) is 0 Å². The Morgan fingerprint density at radius 3 is 2.43 bits per heavy atom. The molecule has 4 nitrogen and oxygen atoms in total. The lowest BCUT2D eigenvalue weighted by molar-refractivity contribution is 0.190. The zero-order chi connectivity index (χ0) is 14.7. The summed E-state index contributed by atoms with van der Waals surface area (Å²) >= 11 is 6.24. The van der Waals surface area contributed by atoms with Crippen molar-refractivity contribution in [2.24, 2.45) is 0 Å². The molecule has 0 radical (unpaired) electrons. The summed E-state index contributed by atoms with van der Waals surface area (Å²) in [6.07, 6.45) is 4.74. The molecule has 1 N–H and O–H groups in total. The van der Waals surface area contributed by atoms with Gasteiger partial charge in [0.25, 0.3) is 0 Å². The van der Waals surface area contributed by atoms with Crippen LogP contribution in [-0.4, -0.2) is 43.2 Å². The maximum absolute atomic E-state index is 12.2.